The van der Waals surface area contributed by atoms with Gasteiger partial charge in [-0.15, -0.1) is 0 Å². The Morgan fingerprint density at radius 1 is 1.25 bits per heavy atom. The summed E-state index contributed by atoms with van der Waals surface area (Å²) in [6, 6.07) is 0. The number of aromatic nitrogens is 2. The van der Waals surface area contributed by atoms with E-state index in [0.29, 0.717) is 6.54 Å². The molecule has 5 heteroatoms. The summed E-state index contributed by atoms with van der Waals surface area (Å²) in [5.74, 6) is 1.67. The maximum Gasteiger partial charge on any atom is 0.134 e. The second-order valence-electron chi connectivity index (χ2n) is 6.35. The van der Waals surface area contributed by atoms with Crippen LogP contribution in [0.4, 0.5) is 11.6 Å². The largest absolute Gasteiger partial charge is 0.391 e. The summed E-state index contributed by atoms with van der Waals surface area (Å²) in [7, 11) is 1.86. The molecule has 1 rings (SSSR count). The van der Waals surface area contributed by atoms with E-state index in [0.717, 1.165) is 36.5 Å². The smallest absolute Gasteiger partial charge is 0.134 e. The Bertz CT molecular complexity index is 415. The fraction of sp³-hybridized carbons (Fsp3) is 0.733. The lowest BCUT2D eigenvalue weighted by Crippen LogP contribution is -2.26. The lowest BCUT2D eigenvalue weighted by molar-refractivity contribution is 0.132. The van der Waals surface area contributed by atoms with Gasteiger partial charge in [0.05, 0.1) is 6.10 Å². The van der Waals surface area contributed by atoms with Crippen LogP contribution in [0.2, 0.25) is 0 Å². The molecule has 0 fully saturated rings. The van der Waals surface area contributed by atoms with Crippen molar-refractivity contribution >= 4 is 11.6 Å². The van der Waals surface area contributed by atoms with Gasteiger partial charge in [0.15, 0.2) is 0 Å². The molecule has 1 atom stereocenters. The molecule has 0 saturated heterocycles. The highest BCUT2D eigenvalue weighted by molar-refractivity contribution is 5.57. The Morgan fingerprint density at radius 3 is 2.45 bits per heavy atom. The number of nitrogens with zero attached hydrogens (tertiary/aromatic N) is 2. The number of aliphatic hydroxyl groups is 1. The minimum atomic E-state index is -0.377. The Kier molecular flexibility index (Phi) is 6.20. The molecule has 1 aromatic heterocycles. The lowest BCUT2D eigenvalue weighted by atomic mass is 9.89. The number of hydrogen-bond acceptors (Lipinski definition) is 5. The van der Waals surface area contributed by atoms with Gasteiger partial charge in [-0.3, -0.25) is 0 Å². The third kappa shape index (κ3) is 5.33. The van der Waals surface area contributed by atoms with Crippen molar-refractivity contribution in [2.24, 2.45) is 5.41 Å². The van der Waals surface area contributed by atoms with Crippen LogP contribution in [-0.4, -0.2) is 34.8 Å². The predicted molar refractivity (Wildman–Crippen MR) is 84.1 cm³/mol. The minimum absolute atomic E-state index is 0.120. The van der Waals surface area contributed by atoms with Crippen molar-refractivity contribution in [2.45, 2.75) is 53.1 Å². The summed E-state index contributed by atoms with van der Waals surface area (Å²) in [5.41, 5.74) is 1.20. The molecular formula is C15H28N4O. The molecular weight excluding hydrogens is 252 g/mol. The Balaban J connectivity index is 2.72. The van der Waals surface area contributed by atoms with Gasteiger partial charge in [0.25, 0.3) is 0 Å². The molecule has 3 N–H and O–H groups in total. The standard InChI is InChI=1S/C15H28N4O/c1-6-7-12-13(16-5)18-10-19-14(12)17-9-11(20)8-15(2,3)4/h10-11,20H,6-9H2,1-5H3,(H2,16,17,18,19). The highest BCUT2D eigenvalue weighted by Crippen LogP contribution is 2.23. The van der Waals surface area contributed by atoms with Crippen LogP contribution in [0.25, 0.3) is 0 Å². The van der Waals surface area contributed by atoms with E-state index in [2.05, 4.69) is 48.3 Å². The number of rotatable bonds is 7. The van der Waals surface area contributed by atoms with Gasteiger partial charge >= 0.3 is 0 Å². The van der Waals surface area contributed by atoms with Crippen molar-refractivity contribution < 1.29 is 5.11 Å². The van der Waals surface area contributed by atoms with Crippen LogP contribution >= 0.6 is 0 Å². The van der Waals surface area contributed by atoms with Crippen LogP contribution in [0.15, 0.2) is 6.33 Å². The SMILES string of the molecule is CCCc1c(NC)ncnc1NCC(O)CC(C)(C)C. The second kappa shape index (κ2) is 7.43. The fourth-order valence-corrected chi connectivity index (χ4v) is 2.26. The molecule has 0 aliphatic heterocycles. The Labute approximate surface area is 122 Å². The average Bonchev–Trinajstić information content (AvgIpc) is 2.35. The van der Waals surface area contributed by atoms with Gasteiger partial charge in [-0.05, 0) is 18.3 Å². The van der Waals surface area contributed by atoms with Crippen LogP contribution in [0.5, 0.6) is 0 Å². The van der Waals surface area contributed by atoms with Crippen molar-refractivity contribution in [1.29, 1.82) is 0 Å². The van der Waals surface area contributed by atoms with Crippen molar-refractivity contribution in [2.75, 3.05) is 24.2 Å². The van der Waals surface area contributed by atoms with E-state index in [1.165, 1.54) is 0 Å². The van der Waals surface area contributed by atoms with Crippen LogP contribution in [-0.2, 0) is 6.42 Å². The zero-order valence-corrected chi connectivity index (χ0v) is 13.3. The molecule has 0 spiro atoms. The summed E-state index contributed by atoms with van der Waals surface area (Å²) in [6.07, 6.45) is 3.87. The van der Waals surface area contributed by atoms with Gasteiger partial charge in [0, 0.05) is 19.2 Å². The third-order valence-electron chi connectivity index (χ3n) is 3.04. The molecule has 0 bridgehead atoms. The maximum absolute atomic E-state index is 10.1. The number of aliphatic hydroxyl groups excluding tert-OH is 1. The van der Waals surface area contributed by atoms with Gasteiger partial charge in [0.2, 0.25) is 0 Å². The molecule has 0 radical (unpaired) electrons. The normalized spacial score (nSPS) is 13.1. The summed E-state index contributed by atoms with van der Waals surface area (Å²) < 4.78 is 0. The molecule has 0 amide bonds. The summed E-state index contributed by atoms with van der Waals surface area (Å²) in [6.45, 7) is 9.02. The molecule has 1 aromatic rings. The monoisotopic (exact) mass is 280 g/mol. The van der Waals surface area contributed by atoms with Gasteiger partial charge < -0.3 is 15.7 Å². The first kappa shape index (κ1) is 16.7. The summed E-state index contributed by atoms with van der Waals surface area (Å²) >= 11 is 0. The first-order valence-corrected chi connectivity index (χ1v) is 7.31. The van der Waals surface area contributed by atoms with Crippen LogP contribution < -0.4 is 10.6 Å². The van der Waals surface area contributed by atoms with E-state index < -0.39 is 0 Å². The van der Waals surface area contributed by atoms with E-state index in [-0.39, 0.29) is 11.5 Å². The van der Waals surface area contributed by atoms with E-state index in [4.69, 9.17) is 0 Å². The van der Waals surface area contributed by atoms with Crippen LogP contribution in [0.1, 0.15) is 46.1 Å². The average molecular weight is 280 g/mol. The zero-order valence-electron chi connectivity index (χ0n) is 13.3. The molecule has 5 nitrogen and oxygen atoms in total. The van der Waals surface area contributed by atoms with Crippen LogP contribution in [0, 0.1) is 5.41 Å². The van der Waals surface area contributed by atoms with E-state index in [1.807, 2.05) is 7.05 Å². The molecule has 0 aromatic carbocycles. The second-order valence-corrected chi connectivity index (χ2v) is 6.35. The van der Waals surface area contributed by atoms with E-state index in [1.54, 1.807) is 6.33 Å². The first-order valence-electron chi connectivity index (χ1n) is 7.31. The molecule has 1 heterocycles. The van der Waals surface area contributed by atoms with E-state index in [9.17, 15) is 5.11 Å². The summed E-state index contributed by atoms with van der Waals surface area (Å²) in [5, 5.41) is 16.4. The zero-order chi connectivity index (χ0) is 15.2. The minimum Gasteiger partial charge on any atom is -0.391 e. The molecule has 0 aliphatic carbocycles. The van der Waals surface area contributed by atoms with Crippen LogP contribution in [0.3, 0.4) is 0 Å². The van der Waals surface area contributed by atoms with Crippen molar-refractivity contribution in [1.82, 2.24) is 9.97 Å². The quantitative estimate of drug-likeness (QED) is 0.716. The van der Waals surface area contributed by atoms with Crippen molar-refractivity contribution in [3.8, 4) is 0 Å². The van der Waals surface area contributed by atoms with Gasteiger partial charge in [-0.25, -0.2) is 9.97 Å². The predicted octanol–water partition coefficient (Wildman–Crippen LogP) is 2.68. The number of nitrogens with one attached hydrogen (secondary N) is 2. The van der Waals surface area contributed by atoms with Crippen molar-refractivity contribution in [3.05, 3.63) is 11.9 Å². The first-order chi connectivity index (χ1) is 9.37. The molecule has 20 heavy (non-hydrogen) atoms. The molecule has 0 aliphatic rings. The topological polar surface area (TPSA) is 70.1 Å². The Morgan fingerprint density at radius 2 is 1.90 bits per heavy atom. The Hall–Kier alpha value is -1.36. The van der Waals surface area contributed by atoms with Gasteiger partial charge in [-0.1, -0.05) is 34.1 Å². The summed E-state index contributed by atoms with van der Waals surface area (Å²) in [4.78, 5) is 8.54. The van der Waals surface area contributed by atoms with Crippen molar-refractivity contribution in [3.63, 3.8) is 0 Å². The number of hydrogen-bond donors (Lipinski definition) is 3. The van der Waals surface area contributed by atoms with Gasteiger partial charge in [0.1, 0.15) is 18.0 Å². The highest BCUT2D eigenvalue weighted by atomic mass is 16.3. The molecule has 0 saturated carbocycles. The third-order valence-corrected chi connectivity index (χ3v) is 3.04. The molecule has 114 valence electrons. The van der Waals surface area contributed by atoms with E-state index >= 15 is 0 Å². The van der Waals surface area contributed by atoms with Gasteiger partial charge in [-0.2, -0.15) is 0 Å². The maximum atomic E-state index is 10.1. The number of anilines is 2. The lowest BCUT2D eigenvalue weighted by Gasteiger charge is -2.23. The highest BCUT2D eigenvalue weighted by Gasteiger charge is 2.17. The molecule has 1 unspecified atom stereocenters. The fourth-order valence-electron chi connectivity index (χ4n) is 2.26.